The quantitative estimate of drug-likeness (QED) is 0.143. The van der Waals surface area contributed by atoms with E-state index in [9.17, 15) is 19.5 Å². The molecule has 0 bridgehead atoms. The number of anilines is 1. The van der Waals surface area contributed by atoms with Gasteiger partial charge in [0.15, 0.2) is 5.13 Å². The maximum atomic E-state index is 13.5. The molecule has 4 rings (SSSR count). The molecule has 0 saturated carbocycles. The summed E-state index contributed by atoms with van der Waals surface area (Å²) < 4.78 is 16.3. The second-order valence-corrected chi connectivity index (χ2v) is 10.3. The summed E-state index contributed by atoms with van der Waals surface area (Å²) in [5.74, 6) is -1.31. The number of ketones is 1. The zero-order valence-electron chi connectivity index (χ0n) is 23.1. The van der Waals surface area contributed by atoms with Gasteiger partial charge in [-0.05, 0) is 68.1 Å². The molecule has 2 aromatic carbocycles. The minimum absolute atomic E-state index is 0.0821. The van der Waals surface area contributed by atoms with E-state index in [0.717, 1.165) is 29.7 Å². The van der Waals surface area contributed by atoms with E-state index in [-0.39, 0.29) is 21.3 Å². The molecule has 0 aliphatic carbocycles. The molecule has 0 unspecified atom stereocenters. The molecule has 1 fully saturated rings. The zero-order valence-corrected chi connectivity index (χ0v) is 24.0. The van der Waals surface area contributed by atoms with Gasteiger partial charge in [-0.25, -0.2) is 9.78 Å². The fourth-order valence-electron chi connectivity index (χ4n) is 4.40. The first-order chi connectivity index (χ1) is 19.2. The third-order valence-corrected chi connectivity index (χ3v) is 7.52. The third kappa shape index (κ3) is 5.58. The van der Waals surface area contributed by atoms with Gasteiger partial charge < -0.3 is 19.3 Å². The van der Waals surface area contributed by atoms with Crippen molar-refractivity contribution in [2.45, 2.75) is 46.6 Å². The molecular weight excluding hydrogens is 532 g/mol. The molecule has 0 radical (unpaired) electrons. The van der Waals surface area contributed by atoms with Gasteiger partial charge in [-0.15, -0.1) is 0 Å². The number of aliphatic hydroxyl groups is 1. The number of benzene rings is 2. The smallest absolute Gasteiger partial charge is 0.350 e. The van der Waals surface area contributed by atoms with Crippen molar-refractivity contribution < 1.29 is 33.7 Å². The van der Waals surface area contributed by atoms with Crippen LogP contribution in [0.4, 0.5) is 5.13 Å². The number of hydrogen-bond donors (Lipinski definition) is 1. The number of rotatable bonds is 10. The second-order valence-electron chi connectivity index (χ2n) is 9.32. The molecule has 2 heterocycles. The maximum absolute atomic E-state index is 13.5. The van der Waals surface area contributed by atoms with Crippen LogP contribution >= 0.6 is 11.3 Å². The van der Waals surface area contributed by atoms with Crippen LogP contribution in [0.5, 0.6) is 11.5 Å². The zero-order chi connectivity index (χ0) is 29.0. The number of thiazole rings is 1. The number of nitrogens with zero attached hydrogens (tertiary/aromatic N) is 2. The fraction of sp³-hybridized carbons (Fsp3) is 0.333. The lowest BCUT2D eigenvalue weighted by Gasteiger charge is -2.23. The first-order valence-corrected chi connectivity index (χ1v) is 13.9. The molecule has 1 N–H and O–H groups in total. The Kier molecular flexibility index (Phi) is 8.89. The van der Waals surface area contributed by atoms with Crippen LogP contribution in [0.15, 0.2) is 48.0 Å². The van der Waals surface area contributed by atoms with Crippen molar-refractivity contribution in [2.24, 2.45) is 0 Å². The number of aryl methyl sites for hydroxylation is 2. The molecule has 10 heteroatoms. The van der Waals surface area contributed by atoms with E-state index in [1.165, 1.54) is 12.0 Å². The van der Waals surface area contributed by atoms with E-state index in [2.05, 4.69) is 4.98 Å². The minimum Gasteiger partial charge on any atom is -0.507 e. The van der Waals surface area contributed by atoms with Crippen LogP contribution < -0.4 is 14.4 Å². The summed E-state index contributed by atoms with van der Waals surface area (Å²) in [7, 11) is 1.26. The number of methoxy groups -OCH3 is 1. The molecule has 40 heavy (non-hydrogen) atoms. The van der Waals surface area contributed by atoms with E-state index in [1.54, 1.807) is 49.4 Å². The number of esters is 1. The largest absolute Gasteiger partial charge is 0.507 e. The van der Waals surface area contributed by atoms with Crippen molar-refractivity contribution in [3.63, 3.8) is 0 Å². The summed E-state index contributed by atoms with van der Waals surface area (Å²) in [5.41, 5.74) is 2.00. The van der Waals surface area contributed by atoms with E-state index in [4.69, 9.17) is 14.2 Å². The highest BCUT2D eigenvalue weighted by Gasteiger charge is 2.48. The molecule has 1 aromatic heterocycles. The lowest BCUT2D eigenvalue weighted by molar-refractivity contribution is -0.132. The Labute approximate surface area is 237 Å². The van der Waals surface area contributed by atoms with Crippen molar-refractivity contribution in [2.75, 3.05) is 25.2 Å². The van der Waals surface area contributed by atoms with E-state index < -0.39 is 23.7 Å². The Hall–Kier alpha value is -4.18. The molecule has 1 aliphatic rings. The molecule has 1 saturated heterocycles. The van der Waals surface area contributed by atoms with E-state index in [1.807, 2.05) is 20.8 Å². The summed E-state index contributed by atoms with van der Waals surface area (Å²) in [6.07, 6.45) is 1.69. The molecule has 1 amide bonds. The molecule has 1 atom stereocenters. The van der Waals surface area contributed by atoms with Crippen LogP contribution in [0.1, 0.15) is 64.8 Å². The number of amides is 1. The van der Waals surface area contributed by atoms with Crippen LogP contribution in [0.2, 0.25) is 0 Å². The molecule has 210 valence electrons. The van der Waals surface area contributed by atoms with Gasteiger partial charge in [0.2, 0.25) is 0 Å². The summed E-state index contributed by atoms with van der Waals surface area (Å²) >= 11 is 0.951. The summed E-state index contributed by atoms with van der Waals surface area (Å²) in [5, 5.41) is 11.6. The fourth-order valence-corrected chi connectivity index (χ4v) is 5.42. The molecular formula is C30H32N2O7S. The standard InChI is InChI=1S/C30H32N2O7S/c1-6-14-38-21-11-8-19(9-12-21)24-23(25(33)20-10-13-22(17(3)16-20)39-15-7-2)26(34)28(35)32(24)30-31-18(4)27(40-30)29(36)37-5/h8-13,16,24,33H,6-7,14-15H2,1-5H3/t24-/m0/s1. The molecule has 0 spiro atoms. The van der Waals surface area contributed by atoms with Gasteiger partial charge in [0, 0.05) is 5.56 Å². The summed E-state index contributed by atoms with van der Waals surface area (Å²) in [6, 6.07) is 11.1. The molecule has 1 aliphatic heterocycles. The van der Waals surface area contributed by atoms with Crippen molar-refractivity contribution >= 4 is 39.9 Å². The Balaban J connectivity index is 1.86. The number of ether oxygens (including phenoxy) is 3. The SMILES string of the molecule is CCCOc1ccc([C@H]2C(=C(O)c3ccc(OCCC)c(C)c3)C(=O)C(=O)N2c2nc(C)c(C(=O)OC)s2)cc1. The Bertz CT molecular complexity index is 1460. The van der Waals surface area contributed by atoms with Crippen molar-refractivity contribution in [1.29, 1.82) is 0 Å². The predicted molar refractivity (Wildman–Crippen MR) is 152 cm³/mol. The van der Waals surface area contributed by atoms with Gasteiger partial charge in [0.05, 0.1) is 37.6 Å². The van der Waals surface area contributed by atoms with E-state index in [0.29, 0.717) is 41.5 Å². The van der Waals surface area contributed by atoms with Crippen molar-refractivity contribution in [3.05, 3.63) is 75.3 Å². The highest BCUT2D eigenvalue weighted by Crippen LogP contribution is 2.44. The highest BCUT2D eigenvalue weighted by atomic mass is 32.1. The number of carbonyl (C=O) groups excluding carboxylic acids is 3. The average Bonchev–Trinajstić information content (AvgIpc) is 3.46. The van der Waals surface area contributed by atoms with Crippen molar-refractivity contribution in [3.8, 4) is 11.5 Å². The van der Waals surface area contributed by atoms with Gasteiger partial charge in [-0.1, -0.05) is 37.3 Å². The number of hydrogen-bond acceptors (Lipinski definition) is 9. The lowest BCUT2D eigenvalue weighted by Crippen LogP contribution is -2.29. The van der Waals surface area contributed by atoms with E-state index >= 15 is 0 Å². The Morgan fingerprint density at radius 2 is 1.70 bits per heavy atom. The van der Waals surface area contributed by atoms with Crippen LogP contribution in [0, 0.1) is 13.8 Å². The van der Waals surface area contributed by atoms with Gasteiger partial charge in [-0.3, -0.25) is 14.5 Å². The molecule has 3 aromatic rings. The number of carbonyl (C=O) groups is 3. The second kappa shape index (κ2) is 12.3. The van der Waals surface area contributed by atoms with Crippen LogP contribution in [-0.2, 0) is 14.3 Å². The maximum Gasteiger partial charge on any atom is 0.350 e. The number of aromatic nitrogens is 1. The van der Waals surface area contributed by atoms with Crippen LogP contribution in [0.25, 0.3) is 5.76 Å². The highest BCUT2D eigenvalue weighted by molar-refractivity contribution is 7.17. The summed E-state index contributed by atoms with van der Waals surface area (Å²) in [6.45, 7) is 8.59. The minimum atomic E-state index is -0.993. The van der Waals surface area contributed by atoms with Gasteiger partial charge in [-0.2, -0.15) is 0 Å². The van der Waals surface area contributed by atoms with Crippen LogP contribution in [0.3, 0.4) is 0 Å². The third-order valence-electron chi connectivity index (χ3n) is 6.39. The first kappa shape index (κ1) is 28.8. The Morgan fingerprint density at radius 1 is 1.02 bits per heavy atom. The van der Waals surface area contributed by atoms with Gasteiger partial charge in [0.1, 0.15) is 22.1 Å². The topological polar surface area (TPSA) is 115 Å². The molecule has 9 nitrogen and oxygen atoms in total. The predicted octanol–water partition coefficient (Wildman–Crippen LogP) is 5.75. The summed E-state index contributed by atoms with van der Waals surface area (Å²) in [4.78, 5) is 45.1. The number of Topliss-reactive ketones (excluding diaryl/α,β-unsaturated/α-hetero) is 1. The lowest BCUT2D eigenvalue weighted by atomic mass is 9.95. The van der Waals surface area contributed by atoms with Crippen LogP contribution in [-0.4, -0.2) is 48.1 Å². The Morgan fingerprint density at radius 3 is 2.33 bits per heavy atom. The van der Waals surface area contributed by atoms with Gasteiger partial charge >= 0.3 is 11.9 Å². The normalized spacial score (nSPS) is 16.3. The first-order valence-electron chi connectivity index (χ1n) is 13.0. The van der Waals surface area contributed by atoms with Crippen molar-refractivity contribution in [1.82, 2.24) is 4.98 Å². The van der Waals surface area contributed by atoms with Gasteiger partial charge in [0.25, 0.3) is 5.78 Å². The number of aliphatic hydroxyl groups excluding tert-OH is 1. The average molecular weight is 565 g/mol. The monoisotopic (exact) mass is 564 g/mol.